The quantitative estimate of drug-likeness (QED) is 0.351. The molecule has 2 atom stereocenters. The summed E-state index contributed by atoms with van der Waals surface area (Å²) in [6.07, 6.45) is -1.80. The standard InChI is InChI=1S/C30H35ClN2O4/c1-7-36-27(34)17-26-29(35)33(18-30(2,3)4)25-14-12-19(31)16-23(25)28(37-26)22-13-15-24(32(5)6)21-11-9-8-10-20(21)22/h8-16,26,28H,7,17-18H2,1-6H3/t26-,28-/m1/s1. The van der Waals surface area contributed by atoms with E-state index >= 15 is 0 Å². The summed E-state index contributed by atoms with van der Waals surface area (Å²) in [6.45, 7) is 8.67. The van der Waals surface area contributed by atoms with Gasteiger partial charge in [-0.3, -0.25) is 9.59 Å². The molecular weight excluding hydrogens is 488 g/mol. The molecule has 37 heavy (non-hydrogen) atoms. The minimum Gasteiger partial charge on any atom is -0.466 e. The molecule has 0 saturated heterocycles. The molecule has 0 aromatic heterocycles. The van der Waals surface area contributed by atoms with Gasteiger partial charge in [0.2, 0.25) is 0 Å². The van der Waals surface area contributed by atoms with Crippen molar-refractivity contribution in [2.24, 2.45) is 5.41 Å². The number of ether oxygens (including phenoxy) is 2. The molecule has 0 bridgehead atoms. The summed E-state index contributed by atoms with van der Waals surface area (Å²) in [5.74, 6) is -0.727. The third-order valence-electron chi connectivity index (χ3n) is 6.39. The third kappa shape index (κ3) is 5.76. The van der Waals surface area contributed by atoms with Gasteiger partial charge in [0.25, 0.3) is 5.91 Å². The number of carbonyl (C=O) groups is 2. The zero-order valence-corrected chi connectivity index (χ0v) is 23.1. The Morgan fingerprint density at radius 3 is 2.41 bits per heavy atom. The highest BCUT2D eigenvalue weighted by molar-refractivity contribution is 6.30. The van der Waals surface area contributed by atoms with Crippen LogP contribution in [0.5, 0.6) is 0 Å². The molecule has 3 aromatic carbocycles. The van der Waals surface area contributed by atoms with Crippen molar-refractivity contribution in [3.8, 4) is 0 Å². The minimum absolute atomic E-state index is 0.167. The predicted molar refractivity (Wildman–Crippen MR) is 150 cm³/mol. The number of anilines is 2. The smallest absolute Gasteiger partial charge is 0.308 e. The molecule has 0 aliphatic carbocycles. The van der Waals surface area contributed by atoms with Gasteiger partial charge < -0.3 is 19.3 Å². The molecule has 1 aliphatic rings. The zero-order valence-electron chi connectivity index (χ0n) is 22.4. The van der Waals surface area contributed by atoms with Crippen molar-refractivity contribution in [2.45, 2.75) is 46.3 Å². The lowest BCUT2D eigenvalue weighted by molar-refractivity contribution is -0.151. The fourth-order valence-electron chi connectivity index (χ4n) is 4.88. The van der Waals surface area contributed by atoms with Gasteiger partial charge in [0.15, 0.2) is 0 Å². The van der Waals surface area contributed by atoms with Crippen LogP contribution in [0.1, 0.15) is 51.3 Å². The van der Waals surface area contributed by atoms with Gasteiger partial charge in [-0.25, -0.2) is 0 Å². The Morgan fingerprint density at radius 1 is 1.05 bits per heavy atom. The van der Waals surface area contributed by atoms with E-state index in [9.17, 15) is 9.59 Å². The number of esters is 1. The van der Waals surface area contributed by atoms with Gasteiger partial charge in [-0.15, -0.1) is 0 Å². The molecule has 4 rings (SSSR count). The first-order valence-corrected chi connectivity index (χ1v) is 13.0. The van der Waals surface area contributed by atoms with Crippen molar-refractivity contribution in [3.63, 3.8) is 0 Å². The molecule has 0 unspecified atom stereocenters. The van der Waals surface area contributed by atoms with Gasteiger partial charge in [0.05, 0.1) is 13.0 Å². The average Bonchev–Trinajstić information content (AvgIpc) is 2.93. The highest BCUT2D eigenvalue weighted by Crippen LogP contribution is 2.44. The van der Waals surface area contributed by atoms with E-state index in [1.165, 1.54) is 0 Å². The molecule has 196 valence electrons. The Labute approximate surface area is 224 Å². The van der Waals surface area contributed by atoms with E-state index in [4.69, 9.17) is 21.1 Å². The zero-order chi connectivity index (χ0) is 26.9. The van der Waals surface area contributed by atoms with Crippen LogP contribution in [0.25, 0.3) is 10.8 Å². The number of rotatable bonds is 6. The molecule has 0 radical (unpaired) electrons. The van der Waals surface area contributed by atoms with Gasteiger partial charge in [0.1, 0.15) is 12.2 Å². The number of nitrogens with zero attached hydrogens (tertiary/aromatic N) is 2. The van der Waals surface area contributed by atoms with E-state index in [1.807, 2.05) is 44.4 Å². The monoisotopic (exact) mass is 522 g/mol. The van der Waals surface area contributed by atoms with Crippen LogP contribution >= 0.6 is 11.6 Å². The SMILES string of the molecule is CCOC(=O)C[C@H]1O[C@H](c2ccc(N(C)C)c3ccccc23)c2cc(Cl)ccc2N(CC(C)(C)C)C1=O. The minimum atomic E-state index is -1.01. The number of hydrogen-bond acceptors (Lipinski definition) is 5. The van der Waals surface area contributed by atoms with E-state index in [-0.39, 0.29) is 24.3 Å². The molecule has 1 aliphatic heterocycles. The van der Waals surface area contributed by atoms with Crippen LogP contribution in [0.4, 0.5) is 11.4 Å². The predicted octanol–water partition coefficient (Wildman–Crippen LogP) is 6.38. The van der Waals surface area contributed by atoms with E-state index in [0.29, 0.717) is 11.6 Å². The molecule has 0 spiro atoms. The number of benzene rings is 3. The van der Waals surface area contributed by atoms with Crippen LogP contribution in [0.15, 0.2) is 54.6 Å². The van der Waals surface area contributed by atoms with Gasteiger partial charge in [-0.05, 0) is 47.6 Å². The first-order chi connectivity index (χ1) is 17.5. The molecule has 0 fully saturated rings. The number of halogens is 1. The fraction of sp³-hybridized carbons (Fsp3) is 0.400. The molecule has 6 nitrogen and oxygen atoms in total. The lowest BCUT2D eigenvalue weighted by atomic mass is 9.92. The summed E-state index contributed by atoms with van der Waals surface area (Å²) < 4.78 is 11.8. The van der Waals surface area contributed by atoms with E-state index < -0.39 is 18.2 Å². The van der Waals surface area contributed by atoms with Crippen LogP contribution in [-0.4, -0.2) is 45.2 Å². The van der Waals surface area contributed by atoms with Crippen molar-refractivity contribution in [1.82, 2.24) is 0 Å². The Bertz CT molecular complexity index is 1310. The second-order valence-corrected chi connectivity index (χ2v) is 11.3. The molecule has 3 aromatic rings. The topological polar surface area (TPSA) is 59.1 Å². The van der Waals surface area contributed by atoms with Gasteiger partial charge in [-0.1, -0.05) is 62.7 Å². The summed E-state index contributed by atoms with van der Waals surface area (Å²) in [5.41, 5.74) is 3.32. The summed E-state index contributed by atoms with van der Waals surface area (Å²) in [4.78, 5) is 30.3. The summed E-state index contributed by atoms with van der Waals surface area (Å²) in [7, 11) is 4.02. The largest absolute Gasteiger partial charge is 0.466 e. The second kappa shape index (κ2) is 10.7. The fourth-order valence-corrected chi connectivity index (χ4v) is 5.06. The Kier molecular flexibility index (Phi) is 7.81. The maximum Gasteiger partial charge on any atom is 0.308 e. The molecule has 0 saturated carbocycles. The summed E-state index contributed by atoms with van der Waals surface area (Å²) >= 11 is 6.51. The van der Waals surface area contributed by atoms with E-state index in [0.717, 1.165) is 33.3 Å². The van der Waals surface area contributed by atoms with Crippen LogP contribution in [0.2, 0.25) is 5.02 Å². The third-order valence-corrected chi connectivity index (χ3v) is 6.63. The first kappa shape index (κ1) is 27.0. The molecule has 1 heterocycles. The lowest BCUT2D eigenvalue weighted by Gasteiger charge is -2.31. The number of carbonyl (C=O) groups excluding carboxylic acids is 2. The van der Waals surface area contributed by atoms with Gasteiger partial charge in [0, 0.05) is 48.0 Å². The average molecular weight is 523 g/mol. The number of hydrogen-bond donors (Lipinski definition) is 0. The number of amides is 1. The van der Waals surface area contributed by atoms with Crippen molar-refractivity contribution >= 4 is 45.6 Å². The van der Waals surface area contributed by atoms with Crippen LogP contribution in [-0.2, 0) is 19.1 Å². The highest BCUT2D eigenvalue weighted by Gasteiger charge is 2.39. The maximum atomic E-state index is 13.9. The molecule has 7 heteroatoms. The Balaban J connectivity index is 1.95. The maximum absolute atomic E-state index is 13.9. The first-order valence-electron chi connectivity index (χ1n) is 12.6. The van der Waals surface area contributed by atoms with Crippen LogP contribution < -0.4 is 9.80 Å². The molecular formula is C30H35ClN2O4. The summed E-state index contributed by atoms with van der Waals surface area (Å²) in [6, 6.07) is 17.8. The van der Waals surface area contributed by atoms with E-state index in [2.05, 4.69) is 43.9 Å². The normalized spacial score (nSPS) is 17.9. The number of fused-ring (bicyclic) bond motifs is 2. The van der Waals surface area contributed by atoms with Crippen molar-refractivity contribution in [2.75, 3.05) is 37.0 Å². The van der Waals surface area contributed by atoms with Crippen molar-refractivity contribution in [1.29, 1.82) is 0 Å². The lowest BCUT2D eigenvalue weighted by Crippen LogP contribution is -2.44. The highest BCUT2D eigenvalue weighted by atomic mass is 35.5. The van der Waals surface area contributed by atoms with E-state index in [1.54, 1.807) is 17.9 Å². The van der Waals surface area contributed by atoms with Gasteiger partial charge >= 0.3 is 5.97 Å². The van der Waals surface area contributed by atoms with Crippen molar-refractivity contribution < 1.29 is 19.1 Å². The summed E-state index contributed by atoms with van der Waals surface area (Å²) in [5, 5.41) is 2.63. The van der Waals surface area contributed by atoms with Gasteiger partial charge in [-0.2, -0.15) is 0 Å². The Hall–Kier alpha value is -3.09. The van der Waals surface area contributed by atoms with Crippen LogP contribution in [0.3, 0.4) is 0 Å². The van der Waals surface area contributed by atoms with Crippen LogP contribution in [0, 0.1) is 5.41 Å². The molecule has 0 N–H and O–H groups in total. The Morgan fingerprint density at radius 2 is 1.76 bits per heavy atom. The van der Waals surface area contributed by atoms with Crippen molar-refractivity contribution in [3.05, 3.63) is 70.7 Å². The second-order valence-electron chi connectivity index (χ2n) is 10.8. The molecule has 1 amide bonds.